The quantitative estimate of drug-likeness (QED) is 0.111. The first-order chi connectivity index (χ1) is 21.3. The second-order valence-corrected chi connectivity index (χ2v) is 11.9. The van der Waals surface area contributed by atoms with E-state index in [0.717, 1.165) is 28.1 Å². The maximum atomic E-state index is 15.6. The number of nitrogens with two attached hydrogens (primary N) is 2. The van der Waals surface area contributed by atoms with Crippen molar-refractivity contribution in [2.45, 2.75) is 49.2 Å². The van der Waals surface area contributed by atoms with E-state index < -0.39 is 84.1 Å². The van der Waals surface area contributed by atoms with E-state index in [9.17, 15) is 23.9 Å². The number of H-pyrrole nitrogens is 1. The number of aliphatic hydroxyl groups excluding tert-OH is 1. The number of phosphoric acid groups is 1. The third-order valence-corrected chi connectivity index (χ3v) is 8.31. The number of nitrogen functional groups attached to an aromatic ring is 2. The fourth-order valence-electron chi connectivity index (χ4n) is 4.91. The van der Waals surface area contributed by atoms with Gasteiger partial charge in [0.25, 0.3) is 5.56 Å². The second-order valence-electron chi connectivity index (χ2n) is 9.74. The molecule has 0 amide bonds. The Kier molecular flexibility index (Phi) is 8.33. The molecule has 10 atom stereocenters. The summed E-state index contributed by atoms with van der Waals surface area (Å²) in [7, 11) is -8.44. The lowest BCUT2D eigenvalue weighted by Gasteiger charge is -2.24. The van der Waals surface area contributed by atoms with E-state index in [1.165, 1.54) is 0 Å². The highest BCUT2D eigenvalue weighted by atomic mass is 31.2. The van der Waals surface area contributed by atoms with Crippen molar-refractivity contribution >= 4 is 50.2 Å². The van der Waals surface area contributed by atoms with E-state index in [-0.39, 0.29) is 34.1 Å². The van der Waals surface area contributed by atoms with Crippen LogP contribution in [0, 0.1) is 0 Å². The van der Waals surface area contributed by atoms with Crippen LogP contribution in [0.25, 0.3) is 22.3 Å². The lowest BCUT2D eigenvalue weighted by Crippen LogP contribution is -2.33. The van der Waals surface area contributed by atoms with E-state index in [1.54, 1.807) is 0 Å². The molecule has 4 aromatic rings. The van der Waals surface area contributed by atoms with Crippen LogP contribution in [-0.2, 0) is 32.2 Å². The van der Waals surface area contributed by atoms with Gasteiger partial charge in [-0.1, -0.05) is 0 Å². The first kappa shape index (κ1) is 31.4. The summed E-state index contributed by atoms with van der Waals surface area (Å²) in [5.74, 6) is -0.325. The van der Waals surface area contributed by atoms with Crippen LogP contribution in [0.5, 0.6) is 0 Å². The number of halogens is 2. The third-order valence-electron chi connectivity index (χ3n) is 6.95. The molecule has 0 aliphatic carbocycles. The Hall–Kier alpha value is -3.63. The lowest BCUT2D eigenvalue weighted by molar-refractivity contribution is -0.0590. The first-order valence-corrected chi connectivity index (χ1v) is 15.3. The average molecular weight is 679 g/mol. The number of imidazole rings is 2. The van der Waals surface area contributed by atoms with Crippen molar-refractivity contribution in [2.75, 3.05) is 24.7 Å². The van der Waals surface area contributed by atoms with Crippen molar-refractivity contribution in [1.82, 2.24) is 39.0 Å². The van der Waals surface area contributed by atoms with E-state index in [0.29, 0.717) is 0 Å². The van der Waals surface area contributed by atoms with Gasteiger partial charge in [-0.2, -0.15) is 4.98 Å². The highest BCUT2D eigenvalue weighted by molar-refractivity contribution is 7.47. The summed E-state index contributed by atoms with van der Waals surface area (Å²) in [4.78, 5) is 53.5. The van der Waals surface area contributed by atoms with Gasteiger partial charge in [0.05, 0.1) is 19.3 Å². The van der Waals surface area contributed by atoms with Gasteiger partial charge in [-0.15, -0.1) is 9.42 Å². The summed E-state index contributed by atoms with van der Waals surface area (Å²) in [5, 5.41) is 10.5. The van der Waals surface area contributed by atoms with Gasteiger partial charge in [0.2, 0.25) is 5.95 Å². The number of anilines is 2. The molecule has 2 aliphatic rings. The Morgan fingerprint density at radius 1 is 1.02 bits per heavy atom. The molecule has 45 heavy (non-hydrogen) atoms. The van der Waals surface area contributed by atoms with Gasteiger partial charge in [0.1, 0.15) is 42.9 Å². The zero-order valence-corrected chi connectivity index (χ0v) is 24.1. The predicted octanol–water partition coefficient (Wildman–Crippen LogP) is -0.876. The molecule has 2 saturated heterocycles. The van der Waals surface area contributed by atoms with Gasteiger partial charge in [-0.05, 0) is 0 Å². The van der Waals surface area contributed by atoms with Gasteiger partial charge in [0.15, 0.2) is 47.4 Å². The Labute approximate surface area is 248 Å². The number of alkyl halides is 2. The zero-order valence-electron chi connectivity index (χ0n) is 22.3. The van der Waals surface area contributed by atoms with Crippen molar-refractivity contribution in [3.05, 3.63) is 29.3 Å². The Morgan fingerprint density at radius 2 is 1.71 bits per heavy atom. The number of ether oxygens (including phenoxy) is 2. The van der Waals surface area contributed by atoms with Crippen LogP contribution < -0.4 is 17.0 Å². The van der Waals surface area contributed by atoms with Crippen LogP contribution in [0.3, 0.4) is 0 Å². The fourth-order valence-corrected chi connectivity index (χ4v) is 6.10. The molecular formula is C20H23F2N10O11P2+. The molecule has 0 radical (unpaired) electrons. The van der Waals surface area contributed by atoms with Crippen LogP contribution in [0.2, 0.25) is 0 Å². The van der Waals surface area contributed by atoms with E-state index in [1.807, 2.05) is 0 Å². The Morgan fingerprint density at radius 3 is 2.44 bits per heavy atom. The van der Waals surface area contributed by atoms with Crippen molar-refractivity contribution in [3.63, 3.8) is 0 Å². The molecule has 242 valence electrons. The molecule has 2 aliphatic heterocycles. The standard InChI is InChI=1S/C20H22F2N10O11P2/c21-8-6(1-39-44(35)36)41-19(32-5-28-11-16(32)29-20(24)30-17(11)34)13(8)43-45(37,38)40-2-7-12(33)9(22)18(42-7)31-4-27-10-14(23)25-3-26-15(10)31/h3-9,12-13,18-19,33H,1-2H2,(H6-,23,24,25,26,29,30,34,35,36,37,38)/p+1/t6-,7-,8?,9?,12?,13?,18-,19-/m1/s1. The predicted molar refractivity (Wildman–Crippen MR) is 142 cm³/mol. The van der Waals surface area contributed by atoms with Crippen molar-refractivity contribution < 1.29 is 55.8 Å². The molecule has 25 heteroatoms. The number of aliphatic hydroxyl groups is 1. The van der Waals surface area contributed by atoms with Gasteiger partial charge < -0.3 is 30.9 Å². The number of fused-ring (bicyclic) bond motifs is 2. The average Bonchev–Trinajstić information content (AvgIpc) is 3.73. The SMILES string of the molecule is Nc1nc2c(ncn2[C@@H]2O[C@H](CO[P+](=O)O)C(F)C2OP(=O)(O)OC[C@H]2O[C@@H](n3cnc4c(N)ncnc43)C(F)C2O)c(=O)[nH]1. The number of aromatic amines is 1. The van der Waals surface area contributed by atoms with Crippen LogP contribution in [0.4, 0.5) is 20.5 Å². The minimum atomic E-state index is -5.27. The highest BCUT2D eigenvalue weighted by Crippen LogP contribution is 2.51. The molecule has 0 aromatic carbocycles. The molecule has 0 spiro atoms. The molecule has 6 rings (SSSR count). The number of nitrogens with zero attached hydrogens (tertiary/aromatic N) is 7. The fraction of sp³-hybridized carbons (Fsp3) is 0.500. The molecule has 4 aromatic heterocycles. The molecule has 2 fully saturated rings. The van der Waals surface area contributed by atoms with E-state index in [2.05, 4.69) is 34.4 Å². The number of nitrogens with one attached hydrogen (secondary N) is 1. The molecule has 8 N–H and O–H groups in total. The highest BCUT2D eigenvalue weighted by Gasteiger charge is 2.52. The summed E-state index contributed by atoms with van der Waals surface area (Å²) < 4.78 is 82.6. The summed E-state index contributed by atoms with van der Waals surface area (Å²) >= 11 is 0. The molecule has 0 bridgehead atoms. The van der Waals surface area contributed by atoms with Gasteiger partial charge in [0, 0.05) is 4.57 Å². The maximum Gasteiger partial charge on any atom is 0.694 e. The summed E-state index contributed by atoms with van der Waals surface area (Å²) in [5.41, 5.74) is 10.4. The summed E-state index contributed by atoms with van der Waals surface area (Å²) in [6, 6.07) is 0. The molecule has 6 unspecified atom stereocenters. The summed E-state index contributed by atoms with van der Waals surface area (Å²) in [6.07, 6.45) is -11.3. The minimum Gasteiger partial charge on any atom is -0.387 e. The normalized spacial score (nSPS) is 30.3. The molecular weight excluding hydrogens is 656 g/mol. The maximum absolute atomic E-state index is 15.6. The Bertz CT molecular complexity index is 1860. The van der Waals surface area contributed by atoms with Crippen molar-refractivity contribution in [3.8, 4) is 0 Å². The topological polar surface area (TPSA) is 300 Å². The zero-order chi connectivity index (χ0) is 32.2. The van der Waals surface area contributed by atoms with Crippen LogP contribution in [0.1, 0.15) is 12.5 Å². The minimum absolute atomic E-state index is 0.0139. The third kappa shape index (κ3) is 5.90. The Balaban J connectivity index is 1.20. The van der Waals surface area contributed by atoms with Gasteiger partial charge in [-0.25, -0.2) is 33.3 Å². The van der Waals surface area contributed by atoms with Crippen LogP contribution in [-0.4, -0.2) is 104 Å². The largest absolute Gasteiger partial charge is 0.694 e. The van der Waals surface area contributed by atoms with Crippen molar-refractivity contribution in [1.29, 1.82) is 0 Å². The van der Waals surface area contributed by atoms with E-state index >= 15 is 8.78 Å². The monoisotopic (exact) mass is 679 g/mol. The van der Waals surface area contributed by atoms with E-state index in [4.69, 9.17) is 34.9 Å². The van der Waals surface area contributed by atoms with Gasteiger partial charge in [-0.3, -0.25) is 28.0 Å². The molecule has 21 nitrogen and oxygen atoms in total. The van der Waals surface area contributed by atoms with Crippen LogP contribution >= 0.6 is 16.1 Å². The number of aromatic nitrogens is 8. The smallest absolute Gasteiger partial charge is 0.387 e. The van der Waals surface area contributed by atoms with Crippen molar-refractivity contribution in [2.24, 2.45) is 0 Å². The molecule has 0 saturated carbocycles. The lowest BCUT2D eigenvalue weighted by atomic mass is 10.1. The number of rotatable bonds is 10. The summed E-state index contributed by atoms with van der Waals surface area (Å²) in [6.45, 7) is -1.70. The first-order valence-electron chi connectivity index (χ1n) is 12.7. The van der Waals surface area contributed by atoms with Gasteiger partial charge >= 0.3 is 16.1 Å². The molecule has 6 heterocycles. The number of phosphoric ester groups is 1. The van der Waals surface area contributed by atoms with Crippen LogP contribution in [0.15, 0.2) is 23.8 Å². The number of hydrogen-bond acceptors (Lipinski definition) is 16. The second kappa shape index (κ2) is 11.9. The number of hydrogen-bond donors (Lipinski definition) is 6.